The van der Waals surface area contributed by atoms with Gasteiger partial charge >= 0.3 is 0 Å². The highest BCUT2D eigenvalue weighted by atomic mass is 29.9. The molecule has 1 rings (SSSR count). The third-order valence-corrected chi connectivity index (χ3v) is 67.2. The minimum Gasteiger partial charge on any atom is -0.0770 e. The van der Waals surface area contributed by atoms with E-state index in [9.17, 15) is 0 Å². The third-order valence-electron chi connectivity index (χ3n) is 4.07. The lowest BCUT2D eigenvalue weighted by atomic mass is 10.9. The quantitative estimate of drug-likeness (QED) is 0.530. The molecule has 1 heterocycles. The van der Waals surface area contributed by atoms with E-state index < -0.39 is 14.2 Å². The molecule has 1 saturated heterocycles. The van der Waals surface area contributed by atoms with Gasteiger partial charge in [-0.3, -0.25) is 0 Å². The van der Waals surface area contributed by atoms with Crippen LogP contribution in [0.5, 0.6) is 0 Å². The summed E-state index contributed by atoms with van der Waals surface area (Å²) in [6.45, 7) is 10.5. The molecule has 5 heteroatoms. The Bertz CT molecular complexity index is 157. The van der Waals surface area contributed by atoms with Crippen molar-refractivity contribution in [2.24, 2.45) is 0 Å². The van der Waals surface area contributed by atoms with E-state index in [0.717, 1.165) is 0 Å². The second kappa shape index (κ2) is 3.09. The predicted octanol–water partition coefficient (Wildman–Crippen LogP) is -0.644. The molecule has 0 spiro atoms. The average Bonchev–Trinajstić information content (AvgIpc) is 2.03. The van der Waals surface area contributed by atoms with Crippen LogP contribution in [0.4, 0.5) is 0 Å². The Morgan fingerprint density at radius 1 is 1.45 bits per heavy atom. The van der Waals surface area contributed by atoms with Gasteiger partial charge in [-0.15, -0.1) is 0 Å². The molecule has 0 aromatic heterocycles. The van der Waals surface area contributed by atoms with E-state index in [-0.39, 0.29) is 0 Å². The number of rotatable bonds is 1. The minimum absolute atomic E-state index is 0.399. The van der Waals surface area contributed by atoms with Gasteiger partial charge < -0.3 is 0 Å². The second-order valence-electron chi connectivity index (χ2n) is 5.31. The van der Waals surface area contributed by atoms with Crippen LogP contribution in [0.2, 0.25) is 37.4 Å². The molecule has 0 bridgehead atoms. The molecule has 0 N–H and O–H groups in total. The zero-order valence-electron chi connectivity index (χ0n) is 8.70. The molecular weight excluding hydrogens is 212 g/mol. The van der Waals surface area contributed by atoms with Gasteiger partial charge in [0, 0.05) is 42.5 Å². The van der Waals surface area contributed by atoms with Crippen LogP contribution in [0.25, 0.3) is 0 Å². The van der Waals surface area contributed by atoms with Crippen LogP contribution >= 0.6 is 0 Å². The minimum atomic E-state index is -0.560. The molecule has 2 unspecified atom stereocenters. The summed E-state index contributed by atoms with van der Waals surface area (Å²) in [7, 11) is 1.94. The number of hydrogen-bond donors (Lipinski definition) is 0. The van der Waals surface area contributed by atoms with E-state index in [1.807, 2.05) is 0 Å². The van der Waals surface area contributed by atoms with Crippen LogP contribution in [-0.4, -0.2) is 42.5 Å². The molecule has 0 saturated carbocycles. The number of hydrogen-bond acceptors (Lipinski definition) is 0. The summed E-state index contributed by atoms with van der Waals surface area (Å²) < 4.78 is 0. The van der Waals surface area contributed by atoms with Crippen molar-refractivity contribution >= 4 is 42.5 Å². The third kappa shape index (κ3) is 1.72. The molecule has 1 fully saturated rings. The summed E-state index contributed by atoms with van der Waals surface area (Å²) in [5, 5.41) is 1.38. The van der Waals surface area contributed by atoms with Gasteiger partial charge in [0.25, 0.3) is 0 Å². The summed E-state index contributed by atoms with van der Waals surface area (Å²) in [5.41, 5.74) is 0. The first-order valence-corrected chi connectivity index (χ1v) is 19.7. The molecule has 2 atom stereocenters. The Hall–Kier alpha value is 1.08. The van der Waals surface area contributed by atoms with Gasteiger partial charge in [0.05, 0.1) is 0 Å². The molecule has 0 radical (unpaired) electrons. The van der Waals surface area contributed by atoms with Crippen LogP contribution in [0.15, 0.2) is 0 Å². The van der Waals surface area contributed by atoms with E-state index in [1.54, 1.807) is 16.3 Å². The molecule has 66 valence electrons. The van der Waals surface area contributed by atoms with Gasteiger partial charge in [-0.05, 0) is 0 Å². The van der Waals surface area contributed by atoms with E-state index >= 15 is 0 Å². The van der Waals surface area contributed by atoms with Gasteiger partial charge in [-0.25, -0.2) is 0 Å². The second-order valence-corrected chi connectivity index (χ2v) is 46.0. The van der Waals surface area contributed by atoms with E-state index in [1.165, 1.54) is 5.16 Å². The Kier molecular flexibility index (Phi) is 2.86. The maximum atomic E-state index is 2.80. The van der Waals surface area contributed by atoms with Gasteiger partial charge in [-0.2, -0.15) is 0 Å². The Labute approximate surface area is 80.0 Å². The molecule has 11 heavy (non-hydrogen) atoms. The summed E-state index contributed by atoms with van der Waals surface area (Å²) in [5.74, 6) is 0. The normalized spacial score (nSPS) is 46.4. The van der Waals surface area contributed by atoms with Gasteiger partial charge in [0.1, 0.15) is 0 Å². The lowest BCUT2D eigenvalue weighted by Gasteiger charge is -2.33. The Morgan fingerprint density at radius 3 is 2.18 bits per heavy atom. The van der Waals surface area contributed by atoms with Crippen LogP contribution in [0.1, 0.15) is 0 Å². The highest BCUT2D eigenvalue weighted by molar-refractivity contribution is 7.79. The highest BCUT2D eigenvalue weighted by Crippen LogP contribution is 2.35. The molecule has 0 aromatic carbocycles. The van der Waals surface area contributed by atoms with Crippen LogP contribution in [0, 0.1) is 0 Å². The van der Waals surface area contributed by atoms with E-state index in [4.69, 9.17) is 0 Å². The van der Waals surface area contributed by atoms with Crippen molar-refractivity contribution in [2.45, 2.75) is 37.4 Å². The van der Waals surface area contributed by atoms with Crippen LogP contribution in [-0.2, 0) is 0 Å². The monoisotopic (exact) mass is 234 g/mol. The topological polar surface area (TPSA) is 0 Å². The standard InChI is InChI=1S/C6H22Si5/c1-8-11(4)9-6(7)5-10(11,2)3/h6H,5,8-9H2,1-4,7H3. The van der Waals surface area contributed by atoms with Crippen molar-refractivity contribution < 1.29 is 0 Å². The zero-order valence-corrected chi connectivity index (χ0v) is 15.5. The van der Waals surface area contributed by atoms with Crippen LogP contribution < -0.4 is 0 Å². The largest absolute Gasteiger partial charge is 0.0770 e. The predicted molar refractivity (Wildman–Crippen MR) is 70.5 cm³/mol. The lowest BCUT2D eigenvalue weighted by Crippen LogP contribution is -2.60. The maximum Gasteiger partial charge on any atom is 0.0348 e. The summed E-state index contributed by atoms with van der Waals surface area (Å²) >= 11 is 0. The molecule has 1 aliphatic heterocycles. The molecular formula is C6H22Si5. The zero-order chi connectivity index (χ0) is 8.70. The van der Waals surface area contributed by atoms with Crippen LogP contribution in [0.3, 0.4) is 0 Å². The summed E-state index contributed by atoms with van der Waals surface area (Å²) in [6, 6.07) is 1.77. The molecule has 1 aliphatic rings. The Morgan fingerprint density at radius 2 is 2.00 bits per heavy atom. The first kappa shape index (κ1) is 10.2. The van der Waals surface area contributed by atoms with Crippen molar-refractivity contribution in [3.63, 3.8) is 0 Å². The summed E-state index contributed by atoms with van der Waals surface area (Å²) in [6.07, 6.45) is 0. The fourth-order valence-corrected chi connectivity index (χ4v) is 73.5. The van der Waals surface area contributed by atoms with Gasteiger partial charge in [0.2, 0.25) is 0 Å². The van der Waals surface area contributed by atoms with Crippen molar-refractivity contribution in [3.8, 4) is 0 Å². The van der Waals surface area contributed by atoms with Crippen molar-refractivity contribution in [3.05, 3.63) is 0 Å². The molecule has 0 nitrogen and oxygen atoms in total. The van der Waals surface area contributed by atoms with Crippen molar-refractivity contribution in [1.82, 2.24) is 0 Å². The first-order valence-electron chi connectivity index (χ1n) is 4.91. The lowest BCUT2D eigenvalue weighted by molar-refractivity contribution is 1.30. The average molecular weight is 235 g/mol. The van der Waals surface area contributed by atoms with Crippen molar-refractivity contribution in [2.75, 3.05) is 0 Å². The molecule has 0 amide bonds. The Balaban J connectivity index is 2.81. The van der Waals surface area contributed by atoms with Crippen molar-refractivity contribution in [1.29, 1.82) is 0 Å². The maximum absolute atomic E-state index is 2.80. The first-order chi connectivity index (χ1) is 4.91. The van der Waals surface area contributed by atoms with E-state index in [0.29, 0.717) is 18.1 Å². The summed E-state index contributed by atoms with van der Waals surface area (Å²) in [4.78, 5) is 0. The van der Waals surface area contributed by atoms with E-state index in [2.05, 4.69) is 26.2 Å². The van der Waals surface area contributed by atoms with Gasteiger partial charge in [-0.1, -0.05) is 37.4 Å². The highest BCUT2D eigenvalue weighted by Gasteiger charge is 2.49. The fourth-order valence-electron chi connectivity index (χ4n) is 2.86. The smallest absolute Gasteiger partial charge is 0.0348 e. The fraction of sp³-hybridized carbons (Fsp3) is 1.00. The molecule has 0 aliphatic carbocycles. The SMILES string of the molecule is C[SiH2][Si]1(C)[SiH2]C([SiH3])C[Si]1(C)C. The molecule has 0 aromatic rings. The van der Waals surface area contributed by atoms with Gasteiger partial charge in [0.15, 0.2) is 0 Å².